The maximum absolute atomic E-state index is 14.2. The van der Waals surface area contributed by atoms with Crippen molar-refractivity contribution in [2.75, 3.05) is 11.9 Å². The molecule has 0 aliphatic rings. The highest BCUT2D eigenvalue weighted by molar-refractivity contribution is 5.80. The lowest BCUT2D eigenvalue weighted by Gasteiger charge is -2.12. The van der Waals surface area contributed by atoms with Gasteiger partial charge in [0.25, 0.3) is 0 Å². The number of aromatic nitrogens is 1. The van der Waals surface area contributed by atoms with Crippen molar-refractivity contribution in [2.45, 2.75) is 6.92 Å². The van der Waals surface area contributed by atoms with Crippen LogP contribution in [0, 0.1) is 17.1 Å². The first-order valence-corrected chi connectivity index (χ1v) is 7.22. The summed E-state index contributed by atoms with van der Waals surface area (Å²) >= 11 is 0. The summed E-state index contributed by atoms with van der Waals surface area (Å²) in [6.07, 6.45) is 1.55. The predicted molar refractivity (Wildman–Crippen MR) is 86.2 cm³/mol. The first-order chi connectivity index (χ1) is 11.2. The first kappa shape index (κ1) is 14.8. The Morgan fingerprint density at radius 1 is 1.22 bits per heavy atom. The van der Waals surface area contributed by atoms with E-state index >= 15 is 0 Å². The van der Waals surface area contributed by atoms with Gasteiger partial charge in [-0.2, -0.15) is 5.26 Å². The molecule has 114 valence electrons. The average Bonchev–Trinajstić information content (AvgIpc) is 3.09. The topological polar surface area (TPSA) is 61.9 Å². The Kier molecular flexibility index (Phi) is 4.07. The largest absolute Gasteiger partial charge is 0.463 e. The Labute approximate surface area is 133 Å². The minimum absolute atomic E-state index is 0.312. The molecule has 0 fully saturated rings. The van der Waals surface area contributed by atoms with Crippen LogP contribution in [0.15, 0.2) is 53.1 Å². The van der Waals surface area contributed by atoms with Gasteiger partial charge in [-0.15, -0.1) is 0 Å². The second-order valence-electron chi connectivity index (χ2n) is 4.88. The number of nitriles is 1. The van der Waals surface area contributed by atoms with Crippen molar-refractivity contribution in [3.8, 4) is 28.7 Å². The summed E-state index contributed by atoms with van der Waals surface area (Å²) in [4.78, 5) is 4.44. The lowest BCUT2D eigenvalue weighted by Crippen LogP contribution is -2.05. The highest BCUT2D eigenvalue weighted by atomic mass is 19.1. The van der Waals surface area contributed by atoms with Gasteiger partial charge in [-0.1, -0.05) is 18.2 Å². The Bertz CT molecular complexity index is 866. The molecule has 5 heteroatoms. The van der Waals surface area contributed by atoms with Gasteiger partial charge in [0.1, 0.15) is 29.0 Å². The number of furan rings is 1. The number of halogens is 1. The minimum atomic E-state index is -0.386. The van der Waals surface area contributed by atoms with E-state index in [4.69, 9.17) is 4.42 Å². The highest BCUT2D eigenvalue weighted by Gasteiger charge is 2.17. The fourth-order valence-corrected chi connectivity index (χ4v) is 2.40. The fourth-order valence-electron chi connectivity index (χ4n) is 2.40. The molecule has 0 atom stereocenters. The minimum Gasteiger partial charge on any atom is -0.463 e. The van der Waals surface area contributed by atoms with Crippen molar-refractivity contribution < 1.29 is 8.81 Å². The van der Waals surface area contributed by atoms with Crippen LogP contribution in [0.4, 0.5) is 10.2 Å². The summed E-state index contributed by atoms with van der Waals surface area (Å²) in [5.41, 5.74) is 1.71. The number of benzene rings is 1. The van der Waals surface area contributed by atoms with Gasteiger partial charge in [0.2, 0.25) is 0 Å². The Morgan fingerprint density at radius 2 is 2.04 bits per heavy atom. The molecular weight excluding hydrogens is 293 g/mol. The van der Waals surface area contributed by atoms with E-state index in [-0.39, 0.29) is 5.82 Å². The van der Waals surface area contributed by atoms with Gasteiger partial charge in [-0.25, -0.2) is 9.37 Å². The highest BCUT2D eigenvalue weighted by Crippen LogP contribution is 2.33. The third-order valence-corrected chi connectivity index (χ3v) is 3.41. The van der Waals surface area contributed by atoms with Crippen molar-refractivity contribution in [2.24, 2.45) is 0 Å². The molecule has 0 saturated heterocycles. The summed E-state index contributed by atoms with van der Waals surface area (Å²) in [7, 11) is 0. The van der Waals surface area contributed by atoms with E-state index in [0.717, 1.165) is 0 Å². The lowest BCUT2D eigenvalue weighted by molar-refractivity contribution is 0.580. The maximum atomic E-state index is 14.2. The van der Waals surface area contributed by atoms with Crippen LogP contribution in [0.1, 0.15) is 12.5 Å². The molecule has 2 aromatic heterocycles. The molecule has 23 heavy (non-hydrogen) atoms. The Hall–Kier alpha value is -3.13. The van der Waals surface area contributed by atoms with E-state index in [9.17, 15) is 9.65 Å². The molecule has 1 N–H and O–H groups in total. The number of anilines is 1. The van der Waals surface area contributed by atoms with E-state index < -0.39 is 0 Å². The number of nitrogens with one attached hydrogen (secondary N) is 1. The van der Waals surface area contributed by atoms with Gasteiger partial charge >= 0.3 is 0 Å². The van der Waals surface area contributed by atoms with E-state index in [1.54, 1.807) is 42.7 Å². The van der Waals surface area contributed by atoms with Crippen LogP contribution in [-0.2, 0) is 0 Å². The zero-order chi connectivity index (χ0) is 16.2. The third-order valence-electron chi connectivity index (χ3n) is 3.41. The Balaban J connectivity index is 2.28. The number of pyridine rings is 1. The van der Waals surface area contributed by atoms with Crippen LogP contribution in [-0.4, -0.2) is 11.5 Å². The van der Waals surface area contributed by atoms with Crippen molar-refractivity contribution >= 4 is 5.82 Å². The van der Waals surface area contributed by atoms with Crippen LogP contribution in [0.25, 0.3) is 22.6 Å². The SMILES string of the molecule is CCNc1nc(-c2ccco2)cc(-c2ccccc2F)c1C#N. The monoisotopic (exact) mass is 307 g/mol. The van der Waals surface area contributed by atoms with Crippen molar-refractivity contribution in [3.63, 3.8) is 0 Å². The van der Waals surface area contributed by atoms with Gasteiger partial charge in [-0.05, 0) is 31.2 Å². The molecule has 0 radical (unpaired) electrons. The second kappa shape index (κ2) is 6.32. The zero-order valence-electron chi connectivity index (χ0n) is 12.5. The molecular formula is C18H14FN3O. The lowest BCUT2D eigenvalue weighted by atomic mass is 9.99. The summed E-state index contributed by atoms with van der Waals surface area (Å²) in [6, 6.07) is 13.7. The quantitative estimate of drug-likeness (QED) is 0.773. The fraction of sp³-hybridized carbons (Fsp3) is 0.111. The van der Waals surface area contributed by atoms with Gasteiger partial charge < -0.3 is 9.73 Å². The predicted octanol–water partition coefficient (Wildman–Crippen LogP) is 4.45. The number of hydrogen-bond donors (Lipinski definition) is 1. The van der Waals surface area contributed by atoms with Crippen molar-refractivity contribution in [1.29, 1.82) is 5.26 Å². The first-order valence-electron chi connectivity index (χ1n) is 7.22. The zero-order valence-corrected chi connectivity index (χ0v) is 12.5. The molecule has 3 aromatic rings. The number of rotatable bonds is 4. The maximum Gasteiger partial charge on any atom is 0.152 e. The molecule has 0 spiro atoms. The normalized spacial score (nSPS) is 10.3. The molecule has 0 aliphatic carbocycles. The van der Waals surface area contributed by atoms with Crippen LogP contribution >= 0.6 is 0 Å². The number of hydrogen-bond acceptors (Lipinski definition) is 4. The molecule has 4 nitrogen and oxygen atoms in total. The third kappa shape index (κ3) is 2.79. The van der Waals surface area contributed by atoms with Crippen molar-refractivity contribution in [3.05, 3.63) is 60.1 Å². The van der Waals surface area contributed by atoms with Gasteiger partial charge in [0, 0.05) is 17.7 Å². The average molecular weight is 307 g/mol. The van der Waals surface area contributed by atoms with Crippen LogP contribution in [0.5, 0.6) is 0 Å². The smallest absolute Gasteiger partial charge is 0.152 e. The molecule has 3 rings (SSSR count). The van der Waals surface area contributed by atoms with Gasteiger partial charge in [0.05, 0.1) is 6.26 Å². The summed E-state index contributed by atoms with van der Waals surface area (Å²) in [6.45, 7) is 2.51. The van der Waals surface area contributed by atoms with Gasteiger partial charge in [0.15, 0.2) is 5.76 Å². The molecule has 1 aromatic carbocycles. The second-order valence-corrected chi connectivity index (χ2v) is 4.88. The molecule has 0 aliphatic heterocycles. The van der Waals surface area contributed by atoms with Crippen LogP contribution in [0.3, 0.4) is 0 Å². The Morgan fingerprint density at radius 3 is 2.70 bits per heavy atom. The van der Waals surface area contributed by atoms with E-state index in [1.807, 2.05) is 6.92 Å². The standard InChI is InChI=1S/C18H14FN3O/c1-2-21-18-14(11-20)13(12-6-3-4-7-15(12)19)10-16(22-18)17-8-5-9-23-17/h3-10H,2H2,1H3,(H,21,22). The molecule has 0 saturated carbocycles. The summed E-state index contributed by atoms with van der Waals surface area (Å²) in [5.74, 6) is 0.594. The molecule has 0 bridgehead atoms. The molecule has 0 unspecified atom stereocenters. The van der Waals surface area contributed by atoms with E-state index in [2.05, 4.69) is 16.4 Å². The number of nitrogens with zero attached hydrogens (tertiary/aromatic N) is 2. The van der Waals surface area contributed by atoms with Gasteiger partial charge in [-0.3, -0.25) is 0 Å². The summed E-state index contributed by atoms with van der Waals surface area (Å²) < 4.78 is 19.6. The van der Waals surface area contributed by atoms with Crippen molar-refractivity contribution in [1.82, 2.24) is 4.98 Å². The van der Waals surface area contributed by atoms with Crippen LogP contribution < -0.4 is 5.32 Å². The van der Waals surface area contributed by atoms with Crippen LogP contribution in [0.2, 0.25) is 0 Å². The van der Waals surface area contributed by atoms with E-state index in [0.29, 0.717) is 40.5 Å². The van der Waals surface area contributed by atoms with E-state index in [1.165, 1.54) is 6.07 Å². The summed E-state index contributed by atoms with van der Waals surface area (Å²) in [5, 5.41) is 12.6. The molecule has 0 amide bonds. The molecule has 2 heterocycles.